The molecular weight excluding hydrogens is 382 g/mol. The third-order valence-electron chi connectivity index (χ3n) is 5.22. The Balaban J connectivity index is 1.94. The normalized spacial score (nSPS) is 11.7. The molecule has 0 aliphatic carbocycles. The number of fused-ring (bicyclic) bond motifs is 1. The third kappa shape index (κ3) is 4.85. The molecule has 0 N–H and O–H groups in total. The van der Waals surface area contributed by atoms with Crippen LogP contribution in [0.2, 0.25) is 0 Å². The second-order valence-electron chi connectivity index (χ2n) is 7.41. The highest BCUT2D eigenvalue weighted by Crippen LogP contribution is 2.30. The van der Waals surface area contributed by atoms with Gasteiger partial charge in [0.15, 0.2) is 10.8 Å². The number of hydrogen-bond acceptors (Lipinski definition) is 5. The number of amides is 1. The Bertz CT molecular complexity index is 957. The monoisotopic (exact) mass is 413 g/mol. The van der Waals surface area contributed by atoms with Crippen molar-refractivity contribution in [1.82, 2.24) is 19.7 Å². The number of rotatable bonds is 9. The quantitative estimate of drug-likeness (QED) is 0.513. The largest absolute Gasteiger partial charge is 0.302 e. The van der Waals surface area contributed by atoms with Crippen LogP contribution in [0.3, 0.4) is 0 Å². The minimum absolute atomic E-state index is 0.0914. The average molecular weight is 414 g/mol. The molecule has 0 saturated heterocycles. The lowest BCUT2D eigenvalue weighted by atomic mass is 10.2. The maximum atomic E-state index is 13.4. The van der Waals surface area contributed by atoms with Gasteiger partial charge in [0, 0.05) is 25.3 Å². The first-order valence-electron chi connectivity index (χ1n) is 10.5. The van der Waals surface area contributed by atoms with E-state index in [1.165, 1.54) is 5.56 Å². The molecule has 2 aromatic heterocycles. The van der Waals surface area contributed by atoms with Gasteiger partial charge >= 0.3 is 0 Å². The van der Waals surface area contributed by atoms with E-state index in [1.807, 2.05) is 10.9 Å². The summed E-state index contributed by atoms with van der Waals surface area (Å²) in [6, 6.07) is 8.36. The molecule has 3 rings (SSSR count). The molecule has 0 spiro atoms. The van der Waals surface area contributed by atoms with Crippen LogP contribution < -0.4 is 4.90 Å². The number of likely N-dealkylation sites (N-methyl/N-ethyl adjacent to an activating group) is 1. The van der Waals surface area contributed by atoms with E-state index in [9.17, 15) is 4.79 Å². The van der Waals surface area contributed by atoms with Crippen molar-refractivity contribution >= 4 is 32.6 Å². The molecule has 0 aliphatic heterocycles. The second-order valence-corrected chi connectivity index (χ2v) is 8.42. The molecule has 1 amide bonds. The molecule has 0 atom stereocenters. The number of nitrogens with zero attached hydrogens (tertiary/aromatic N) is 5. The van der Waals surface area contributed by atoms with Crippen LogP contribution in [-0.4, -0.2) is 51.8 Å². The maximum absolute atomic E-state index is 13.4. The second kappa shape index (κ2) is 9.50. The predicted octanol–water partition coefficient (Wildman–Crippen LogP) is 4.62. The molecule has 0 fully saturated rings. The van der Waals surface area contributed by atoms with Crippen molar-refractivity contribution in [3.05, 3.63) is 41.7 Å². The first kappa shape index (κ1) is 21.5. The molecular formula is C22H31N5OS. The van der Waals surface area contributed by atoms with Gasteiger partial charge < -0.3 is 4.90 Å². The van der Waals surface area contributed by atoms with E-state index in [-0.39, 0.29) is 11.9 Å². The highest BCUT2D eigenvalue weighted by Gasteiger charge is 2.24. The number of anilines is 1. The molecule has 156 valence electrons. The summed E-state index contributed by atoms with van der Waals surface area (Å²) in [4.78, 5) is 22.3. The SMILES string of the molecule is CCc1ccc2nc(N(CCN(CC)CC)C(=O)c3ccn(C(C)C)n3)sc2c1. The zero-order valence-corrected chi connectivity index (χ0v) is 18.9. The molecule has 0 aliphatic rings. The molecule has 3 aromatic rings. The van der Waals surface area contributed by atoms with E-state index in [0.29, 0.717) is 12.2 Å². The molecule has 0 unspecified atom stereocenters. The Morgan fingerprint density at radius 3 is 2.52 bits per heavy atom. The first-order valence-corrected chi connectivity index (χ1v) is 11.3. The number of aryl methyl sites for hydroxylation is 1. The molecule has 0 bridgehead atoms. The maximum Gasteiger partial charge on any atom is 0.280 e. The fraction of sp³-hybridized carbons (Fsp3) is 0.500. The van der Waals surface area contributed by atoms with Crippen molar-refractivity contribution in [3.63, 3.8) is 0 Å². The van der Waals surface area contributed by atoms with Gasteiger partial charge in [0.1, 0.15) is 0 Å². The Labute approximate surface area is 177 Å². The van der Waals surface area contributed by atoms with Crippen molar-refractivity contribution in [2.24, 2.45) is 0 Å². The third-order valence-corrected chi connectivity index (χ3v) is 6.26. The minimum Gasteiger partial charge on any atom is -0.302 e. The van der Waals surface area contributed by atoms with Crippen molar-refractivity contribution in [3.8, 4) is 0 Å². The Hall–Kier alpha value is -2.25. The molecule has 29 heavy (non-hydrogen) atoms. The van der Waals surface area contributed by atoms with E-state index >= 15 is 0 Å². The summed E-state index contributed by atoms with van der Waals surface area (Å²) in [5.74, 6) is -0.0914. The van der Waals surface area contributed by atoms with Crippen LogP contribution >= 0.6 is 11.3 Å². The van der Waals surface area contributed by atoms with Gasteiger partial charge in [-0.3, -0.25) is 14.4 Å². The number of benzene rings is 1. The van der Waals surface area contributed by atoms with Crippen LogP contribution in [0.15, 0.2) is 30.5 Å². The molecule has 7 heteroatoms. The standard InChI is InChI=1S/C22H31N5OS/c1-6-17-9-10-18-20(15-17)29-22(23-18)26(14-13-25(7-2)8-3)21(28)19-11-12-27(24-19)16(4)5/h9-12,15-16H,6-8,13-14H2,1-5H3. The Kier molecular flexibility index (Phi) is 7.03. The summed E-state index contributed by atoms with van der Waals surface area (Å²) >= 11 is 1.58. The number of carbonyl (C=O) groups is 1. The van der Waals surface area contributed by atoms with Gasteiger partial charge in [-0.15, -0.1) is 0 Å². The van der Waals surface area contributed by atoms with Crippen LogP contribution in [0.1, 0.15) is 56.7 Å². The van der Waals surface area contributed by atoms with Gasteiger partial charge in [0.05, 0.1) is 10.2 Å². The van der Waals surface area contributed by atoms with Gasteiger partial charge in [-0.1, -0.05) is 38.2 Å². The zero-order chi connectivity index (χ0) is 21.0. The highest BCUT2D eigenvalue weighted by molar-refractivity contribution is 7.22. The van der Waals surface area contributed by atoms with E-state index in [4.69, 9.17) is 4.98 Å². The summed E-state index contributed by atoms with van der Waals surface area (Å²) in [6.07, 6.45) is 2.85. The van der Waals surface area contributed by atoms with Crippen LogP contribution in [0.25, 0.3) is 10.2 Å². The fourth-order valence-corrected chi connectivity index (χ4v) is 4.29. The van der Waals surface area contributed by atoms with Crippen LogP contribution in [-0.2, 0) is 6.42 Å². The van der Waals surface area contributed by atoms with Crippen molar-refractivity contribution in [1.29, 1.82) is 0 Å². The lowest BCUT2D eigenvalue weighted by molar-refractivity contribution is 0.0978. The summed E-state index contributed by atoms with van der Waals surface area (Å²) in [7, 11) is 0. The molecule has 1 aromatic carbocycles. The summed E-state index contributed by atoms with van der Waals surface area (Å²) < 4.78 is 2.94. The molecule has 0 radical (unpaired) electrons. The fourth-order valence-electron chi connectivity index (χ4n) is 3.24. The zero-order valence-electron chi connectivity index (χ0n) is 18.1. The van der Waals surface area contributed by atoms with E-state index in [0.717, 1.165) is 41.4 Å². The average Bonchev–Trinajstić information content (AvgIpc) is 3.37. The smallest absolute Gasteiger partial charge is 0.280 e. The van der Waals surface area contributed by atoms with Gasteiger partial charge in [-0.2, -0.15) is 5.10 Å². The number of thiazole rings is 1. The van der Waals surface area contributed by atoms with Crippen molar-refractivity contribution in [2.75, 3.05) is 31.1 Å². The van der Waals surface area contributed by atoms with E-state index in [1.54, 1.807) is 22.3 Å². The molecule has 2 heterocycles. The van der Waals surface area contributed by atoms with Gasteiger partial charge in [-0.05, 0) is 57.1 Å². The summed E-state index contributed by atoms with van der Waals surface area (Å²) in [6.45, 7) is 13.9. The topological polar surface area (TPSA) is 54.3 Å². The van der Waals surface area contributed by atoms with E-state index in [2.05, 4.69) is 62.8 Å². The number of carbonyl (C=O) groups excluding carboxylic acids is 1. The lowest BCUT2D eigenvalue weighted by Gasteiger charge is -2.24. The van der Waals surface area contributed by atoms with Crippen molar-refractivity contribution < 1.29 is 4.79 Å². The van der Waals surface area contributed by atoms with Gasteiger partial charge in [0.25, 0.3) is 5.91 Å². The van der Waals surface area contributed by atoms with Gasteiger partial charge in [0.2, 0.25) is 0 Å². The van der Waals surface area contributed by atoms with Crippen LogP contribution in [0.5, 0.6) is 0 Å². The highest BCUT2D eigenvalue weighted by atomic mass is 32.1. The minimum atomic E-state index is -0.0914. The van der Waals surface area contributed by atoms with Gasteiger partial charge in [-0.25, -0.2) is 4.98 Å². The Morgan fingerprint density at radius 1 is 1.14 bits per heavy atom. The number of hydrogen-bond donors (Lipinski definition) is 0. The van der Waals surface area contributed by atoms with Crippen LogP contribution in [0, 0.1) is 0 Å². The molecule has 6 nitrogen and oxygen atoms in total. The predicted molar refractivity (Wildman–Crippen MR) is 121 cm³/mol. The van der Waals surface area contributed by atoms with Crippen molar-refractivity contribution in [2.45, 2.75) is 47.1 Å². The Morgan fingerprint density at radius 2 is 1.90 bits per heavy atom. The van der Waals surface area contributed by atoms with Crippen LogP contribution in [0.4, 0.5) is 5.13 Å². The molecule has 0 saturated carbocycles. The summed E-state index contributed by atoms with van der Waals surface area (Å²) in [5, 5.41) is 5.23. The first-order chi connectivity index (χ1) is 14.0. The lowest BCUT2D eigenvalue weighted by Crippen LogP contribution is -2.39. The van der Waals surface area contributed by atoms with E-state index < -0.39 is 0 Å². The number of aromatic nitrogens is 3. The summed E-state index contributed by atoms with van der Waals surface area (Å²) in [5.41, 5.74) is 2.69.